The Balaban J connectivity index is 2.09. The number of nitrogens with zero attached hydrogens (tertiary/aromatic N) is 1. The van der Waals surface area contributed by atoms with E-state index in [4.69, 9.17) is 15.8 Å². The zero-order valence-corrected chi connectivity index (χ0v) is 11.9. The van der Waals surface area contributed by atoms with Gasteiger partial charge in [-0.25, -0.2) is 0 Å². The molecule has 1 fully saturated rings. The van der Waals surface area contributed by atoms with Crippen molar-refractivity contribution in [2.45, 2.75) is 32.1 Å². The predicted molar refractivity (Wildman–Crippen MR) is 74.1 cm³/mol. The lowest BCUT2D eigenvalue weighted by Gasteiger charge is -2.26. The highest BCUT2D eigenvalue weighted by Gasteiger charge is 2.30. The third-order valence-electron chi connectivity index (χ3n) is 3.61. The van der Waals surface area contributed by atoms with Crippen LogP contribution in [0.2, 0.25) is 5.02 Å². The molecule has 1 heterocycles. The summed E-state index contributed by atoms with van der Waals surface area (Å²) < 4.78 is 32.2. The monoisotopic (exact) mass is 299 g/mol. The first-order chi connectivity index (χ1) is 9.05. The van der Waals surface area contributed by atoms with E-state index in [1.54, 1.807) is 18.2 Å². The van der Waals surface area contributed by atoms with Gasteiger partial charge in [-0.15, -0.1) is 4.40 Å². The zero-order valence-electron chi connectivity index (χ0n) is 10.3. The molecule has 0 unspecified atom stereocenters. The maximum absolute atomic E-state index is 11.7. The first kappa shape index (κ1) is 12.9. The summed E-state index contributed by atoms with van der Waals surface area (Å²) in [5.74, 6) is 0.518. The van der Waals surface area contributed by atoms with Gasteiger partial charge in [-0.3, -0.25) is 0 Å². The van der Waals surface area contributed by atoms with Crippen LogP contribution in [0.5, 0.6) is 5.75 Å². The van der Waals surface area contributed by atoms with E-state index in [-0.39, 0.29) is 5.92 Å². The van der Waals surface area contributed by atoms with Gasteiger partial charge < -0.3 is 4.18 Å². The number of benzene rings is 1. The van der Waals surface area contributed by atoms with Gasteiger partial charge in [0.05, 0.1) is 5.71 Å². The van der Waals surface area contributed by atoms with E-state index >= 15 is 0 Å². The van der Waals surface area contributed by atoms with Crippen LogP contribution in [0.1, 0.15) is 37.7 Å². The van der Waals surface area contributed by atoms with Crippen molar-refractivity contribution in [3.63, 3.8) is 0 Å². The standard InChI is InChI=1S/C13H14ClNO3S/c14-10-6-7-12-11(8-10)13(15-19(16,17)18-12)9-4-2-1-3-5-9/h6-9H,1-5H2. The van der Waals surface area contributed by atoms with Gasteiger partial charge in [-0.1, -0.05) is 30.9 Å². The SMILES string of the molecule is O=S1(=O)N=C(C2CCCCC2)c2cc(Cl)ccc2O1. The highest BCUT2D eigenvalue weighted by Crippen LogP contribution is 2.35. The molecule has 1 aliphatic carbocycles. The third kappa shape index (κ3) is 2.62. The maximum Gasteiger partial charge on any atom is 0.428 e. The van der Waals surface area contributed by atoms with Crippen LogP contribution in [0.15, 0.2) is 22.6 Å². The molecule has 1 aromatic carbocycles. The molecule has 0 bridgehead atoms. The minimum absolute atomic E-state index is 0.185. The van der Waals surface area contributed by atoms with Crippen molar-refractivity contribution in [2.75, 3.05) is 0 Å². The Hall–Kier alpha value is -1.07. The highest BCUT2D eigenvalue weighted by atomic mass is 35.5. The van der Waals surface area contributed by atoms with Crippen LogP contribution in [0.3, 0.4) is 0 Å². The Morgan fingerprint density at radius 2 is 1.95 bits per heavy atom. The maximum atomic E-state index is 11.7. The smallest absolute Gasteiger partial charge is 0.365 e. The van der Waals surface area contributed by atoms with E-state index in [1.165, 1.54) is 6.42 Å². The van der Waals surface area contributed by atoms with Gasteiger partial charge in [-0.2, -0.15) is 8.42 Å². The molecular weight excluding hydrogens is 286 g/mol. The Morgan fingerprint density at radius 1 is 1.21 bits per heavy atom. The molecular formula is C13H14ClNO3S. The summed E-state index contributed by atoms with van der Waals surface area (Å²) in [6.07, 6.45) is 5.37. The fraction of sp³-hybridized carbons (Fsp3) is 0.462. The van der Waals surface area contributed by atoms with Crippen molar-refractivity contribution in [1.82, 2.24) is 0 Å². The number of fused-ring (bicyclic) bond motifs is 1. The van der Waals surface area contributed by atoms with Crippen molar-refractivity contribution in [1.29, 1.82) is 0 Å². The van der Waals surface area contributed by atoms with E-state index in [0.717, 1.165) is 25.7 Å². The molecule has 1 saturated carbocycles. The Bertz CT molecular complexity index is 633. The van der Waals surface area contributed by atoms with E-state index in [9.17, 15) is 8.42 Å². The normalized spacial score (nSPS) is 22.3. The Kier molecular flexibility index (Phi) is 3.27. The summed E-state index contributed by atoms with van der Waals surface area (Å²) in [7, 11) is -3.86. The topological polar surface area (TPSA) is 55.7 Å². The summed E-state index contributed by atoms with van der Waals surface area (Å²) in [4.78, 5) is 0. The average Bonchev–Trinajstić information content (AvgIpc) is 2.39. The number of hydrogen-bond acceptors (Lipinski definition) is 3. The molecule has 0 radical (unpaired) electrons. The first-order valence-electron chi connectivity index (χ1n) is 6.39. The summed E-state index contributed by atoms with van der Waals surface area (Å²) in [5.41, 5.74) is 1.33. The van der Waals surface area contributed by atoms with Crippen molar-refractivity contribution in [3.8, 4) is 5.75 Å². The lowest BCUT2D eigenvalue weighted by molar-refractivity contribution is 0.435. The molecule has 6 heteroatoms. The summed E-state index contributed by atoms with van der Waals surface area (Å²) in [5, 5.41) is 0.560. The molecule has 19 heavy (non-hydrogen) atoms. The molecule has 0 saturated heterocycles. The van der Waals surface area contributed by atoms with Gasteiger partial charge in [0.2, 0.25) is 0 Å². The number of hydrogen-bond donors (Lipinski definition) is 0. The van der Waals surface area contributed by atoms with Crippen molar-refractivity contribution < 1.29 is 12.6 Å². The van der Waals surface area contributed by atoms with E-state index in [0.29, 0.717) is 22.0 Å². The van der Waals surface area contributed by atoms with Gasteiger partial charge in [0.25, 0.3) is 0 Å². The average molecular weight is 300 g/mol. The Labute approximate surface area is 117 Å². The summed E-state index contributed by atoms with van der Waals surface area (Å²) in [6, 6.07) is 4.95. The van der Waals surface area contributed by atoms with Crippen LogP contribution >= 0.6 is 11.6 Å². The fourth-order valence-corrected chi connectivity index (χ4v) is 3.82. The molecule has 0 amide bonds. The summed E-state index contributed by atoms with van der Waals surface area (Å²) >= 11 is 5.99. The Morgan fingerprint density at radius 3 is 2.68 bits per heavy atom. The number of halogens is 1. The molecule has 102 valence electrons. The van der Waals surface area contributed by atoms with Crippen LogP contribution in [0.4, 0.5) is 0 Å². The molecule has 3 rings (SSSR count). The minimum Gasteiger partial charge on any atom is -0.365 e. The lowest BCUT2D eigenvalue weighted by Crippen LogP contribution is -2.26. The highest BCUT2D eigenvalue weighted by molar-refractivity contribution is 7.86. The van der Waals surface area contributed by atoms with Crippen molar-refractivity contribution in [2.24, 2.45) is 10.3 Å². The molecule has 0 spiro atoms. The fourth-order valence-electron chi connectivity index (χ4n) is 2.75. The number of rotatable bonds is 1. The van der Waals surface area contributed by atoms with Crippen LogP contribution in [0.25, 0.3) is 0 Å². The van der Waals surface area contributed by atoms with Crippen LogP contribution in [0, 0.1) is 5.92 Å². The molecule has 0 aromatic heterocycles. The van der Waals surface area contributed by atoms with Gasteiger partial charge in [0.15, 0.2) is 5.75 Å². The molecule has 0 N–H and O–H groups in total. The van der Waals surface area contributed by atoms with Crippen LogP contribution in [-0.2, 0) is 10.3 Å². The summed E-state index contributed by atoms with van der Waals surface area (Å²) in [6.45, 7) is 0. The molecule has 1 aliphatic heterocycles. The second kappa shape index (κ2) is 4.80. The second-order valence-corrected chi connectivity index (χ2v) is 6.60. The van der Waals surface area contributed by atoms with Gasteiger partial charge in [0, 0.05) is 16.5 Å². The molecule has 0 atom stereocenters. The quantitative estimate of drug-likeness (QED) is 0.799. The zero-order chi connectivity index (χ0) is 13.5. The first-order valence-corrected chi connectivity index (χ1v) is 8.14. The predicted octanol–water partition coefficient (Wildman–Crippen LogP) is 3.35. The van der Waals surface area contributed by atoms with Crippen LogP contribution < -0.4 is 4.18 Å². The lowest BCUT2D eigenvalue weighted by atomic mass is 9.83. The van der Waals surface area contributed by atoms with Crippen molar-refractivity contribution in [3.05, 3.63) is 28.8 Å². The van der Waals surface area contributed by atoms with Gasteiger partial charge >= 0.3 is 10.3 Å². The van der Waals surface area contributed by atoms with E-state index in [1.807, 2.05) is 0 Å². The van der Waals surface area contributed by atoms with E-state index in [2.05, 4.69) is 4.40 Å². The molecule has 4 nitrogen and oxygen atoms in total. The van der Waals surface area contributed by atoms with Crippen LogP contribution in [-0.4, -0.2) is 14.1 Å². The minimum atomic E-state index is -3.86. The molecule has 1 aromatic rings. The molecule has 2 aliphatic rings. The third-order valence-corrected chi connectivity index (χ3v) is 4.66. The largest absolute Gasteiger partial charge is 0.428 e. The van der Waals surface area contributed by atoms with Crippen molar-refractivity contribution >= 4 is 27.6 Å². The van der Waals surface area contributed by atoms with Gasteiger partial charge in [-0.05, 0) is 31.0 Å². The van der Waals surface area contributed by atoms with Gasteiger partial charge in [0.1, 0.15) is 0 Å². The van der Waals surface area contributed by atoms with E-state index < -0.39 is 10.3 Å². The second-order valence-electron chi connectivity index (χ2n) is 4.96.